The van der Waals surface area contributed by atoms with Crippen molar-refractivity contribution in [2.45, 2.75) is 78.3 Å². The number of rotatable bonds is 11. The molecule has 15 nitrogen and oxygen atoms in total. The Morgan fingerprint density at radius 2 is 1.07 bits per heavy atom. The first-order chi connectivity index (χ1) is 31.1. The van der Waals surface area contributed by atoms with E-state index in [9.17, 15) is 19.2 Å². The summed E-state index contributed by atoms with van der Waals surface area (Å²) in [7, 11) is 0. The third kappa shape index (κ3) is 16.0. The van der Waals surface area contributed by atoms with Gasteiger partial charge in [-0.2, -0.15) is 0 Å². The number of para-hydroxylation sites is 2. The molecule has 2 aliphatic rings. The van der Waals surface area contributed by atoms with E-state index in [1.807, 2.05) is 30.3 Å². The average molecular weight is 1040 g/mol. The zero-order valence-electron chi connectivity index (χ0n) is 38.2. The number of carbonyl (C=O) groups excluding carboxylic acids is 3. The van der Waals surface area contributed by atoms with Gasteiger partial charge in [0.25, 0.3) is 11.8 Å². The fourth-order valence-corrected chi connectivity index (χ4v) is 8.08. The molecule has 2 aliphatic heterocycles. The number of carboxylic acids is 1. The quantitative estimate of drug-likeness (QED) is 0.0821. The lowest BCUT2D eigenvalue weighted by Gasteiger charge is -2.34. The smallest absolute Gasteiger partial charge is 0.303 e. The number of benzene rings is 2. The number of aliphatic carboxylic acids is 1. The summed E-state index contributed by atoms with van der Waals surface area (Å²) in [5.74, 6) is -0.125. The van der Waals surface area contributed by atoms with Gasteiger partial charge < -0.3 is 45.4 Å². The van der Waals surface area contributed by atoms with Crippen LogP contribution in [0.1, 0.15) is 87.3 Å². The van der Waals surface area contributed by atoms with E-state index in [1.54, 1.807) is 42.5 Å². The van der Waals surface area contributed by atoms with E-state index in [0.29, 0.717) is 91.8 Å². The van der Waals surface area contributed by atoms with Crippen LogP contribution >= 0.6 is 60.4 Å². The van der Waals surface area contributed by atoms with Crippen molar-refractivity contribution in [2.24, 2.45) is 11.8 Å². The predicted octanol–water partition coefficient (Wildman–Crippen LogP) is 11.3. The number of carbonyl (C=O) groups is 4. The lowest BCUT2D eigenvalue weighted by atomic mass is 9.92. The Kier molecular flexibility index (Phi) is 22.8. The van der Waals surface area contributed by atoms with E-state index < -0.39 is 17.8 Å². The van der Waals surface area contributed by atoms with Gasteiger partial charge in [-0.1, -0.05) is 47.5 Å². The Morgan fingerprint density at radius 1 is 0.647 bits per heavy atom. The third-order valence-electron chi connectivity index (χ3n) is 11.5. The number of furan rings is 2. The van der Waals surface area contributed by atoms with Crippen molar-refractivity contribution in [3.05, 3.63) is 107 Å². The summed E-state index contributed by atoms with van der Waals surface area (Å²) < 4.78 is 11.3. The van der Waals surface area contributed by atoms with Gasteiger partial charge in [-0.25, -0.2) is 9.97 Å². The largest absolute Gasteiger partial charge is 0.481 e. The van der Waals surface area contributed by atoms with E-state index in [2.05, 4.69) is 63.4 Å². The van der Waals surface area contributed by atoms with Crippen LogP contribution in [0.25, 0.3) is 21.9 Å². The Morgan fingerprint density at radius 3 is 1.51 bits per heavy atom. The normalized spacial score (nSPS) is 14.3. The van der Waals surface area contributed by atoms with E-state index in [1.165, 1.54) is 12.4 Å². The minimum absolute atomic E-state index is 0. The van der Waals surface area contributed by atoms with Gasteiger partial charge in [0.2, 0.25) is 17.4 Å². The first kappa shape index (κ1) is 57.2. The number of halogens is 5. The second kappa shape index (κ2) is 27.2. The number of anilines is 4. The molecule has 20 heteroatoms. The third-order valence-corrected chi connectivity index (χ3v) is 12.0. The second-order valence-electron chi connectivity index (χ2n) is 16.8. The number of hydrogen-bond acceptors (Lipinski definition) is 11. The number of fused-ring (bicyclic) bond motifs is 2. The van der Waals surface area contributed by atoms with Crippen LogP contribution in [0.3, 0.4) is 0 Å². The lowest BCUT2D eigenvalue weighted by molar-refractivity contribution is -0.138. The Bertz CT molecular complexity index is 2560. The molecule has 4 aromatic heterocycles. The molecule has 68 heavy (non-hydrogen) atoms. The molecule has 0 spiro atoms. The van der Waals surface area contributed by atoms with Crippen LogP contribution in [0.5, 0.6) is 0 Å². The maximum Gasteiger partial charge on any atom is 0.303 e. The van der Waals surface area contributed by atoms with Crippen LogP contribution in [0.4, 0.5) is 23.0 Å². The maximum absolute atomic E-state index is 12.9. The van der Waals surface area contributed by atoms with Crippen molar-refractivity contribution in [1.29, 1.82) is 0 Å². The highest BCUT2D eigenvalue weighted by atomic mass is 35.5. The number of nitrogens with one attached hydrogen (secondary N) is 3. The highest BCUT2D eigenvalue weighted by molar-refractivity contribution is 6.30. The van der Waals surface area contributed by atoms with Crippen LogP contribution in [0, 0.1) is 11.8 Å². The van der Waals surface area contributed by atoms with E-state index >= 15 is 0 Å². The highest BCUT2D eigenvalue weighted by Crippen LogP contribution is 2.33. The molecule has 368 valence electrons. The number of amides is 3. The van der Waals surface area contributed by atoms with Crippen molar-refractivity contribution < 1.29 is 33.1 Å². The van der Waals surface area contributed by atoms with Crippen LogP contribution in [-0.4, -0.2) is 86.8 Å². The molecule has 6 aromatic rings. The molecule has 0 unspecified atom stereocenters. The van der Waals surface area contributed by atoms with Crippen molar-refractivity contribution >= 4 is 129 Å². The summed E-state index contributed by atoms with van der Waals surface area (Å²) in [6, 6.07) is 22.0. The summed E-state index contributed by atoms with van der Waals surface area (Å²) >= 11 is 11.6. The number of carboxylic acid groups (broad SMARTS) is 1. The number of nitrogens with two attached hydrogens (primary N) is 1. The van der Waals surface area contributed by atoms with Crippen LogP contribution < -0.4 is 21.7 Å². The van der Waals surface area contributed by atoms with Crippen LogP contribution in [-0.2, 0) is 9.59 Å². The summed E-state index contributed by atoms with van der Waals surface area (Å²) in [6.45, 7) is 12.9. The fourth-order valence-electron chi connectivity index (χ4n) is 7.86. The Labute approximate surface area is 424 Å². The molecule has 2 saturated heterocycles. The van der Waals surface area contributed by atoms with Gasteiger partial charge in [-0.3, -0.25) is 19.2 Å². The highest BCUT2D eigenvalue weighted by Gasteiger charge is 2.27. The molecule has 0 bridgehead atoms. The maximum atomic E-state index is 12.9. The molecule has 3 amide bonds. The molecule has 2 aromatic carbocycles. The van der Waals surface area contributed by atoms with Gasteiger partial charge in [0.15, 0.2) is 0 Å². The molecule has 2 fully saturated rings. The molecule has 6 N–H and O–H groups in total. The number of aromatic nitrogens is 2. The first-order valence-electron chi connectivity index (χ1n) is 21.8. The van der Waals surface area contributed by atoms with Gasteiger partial charge in [-0.15, -0.1) is 37.2 Å². The van der Waals surface area contributed by atoms with E-state index in [4.69, 9.17) is 42.9 Å². The number of nitrogen functional groups attached to an aromatic ring is 1. The summed E-state index contributed by atoms with van der Waals surface area (Å²) in [5, 5.41) is 19.2. The number of pyridine rings is 2. The van der Waals surface area contributed by atoms with Gasteiger partial charge in [0.1, 0.15) is 28.5 Å². The van der Waals surface area contributed by atoms with Crippen LogP contribution in [0.2, 0.25) is 10.0 Å². The zero-order valence-corrected chi connectivity index (χ0v) is 42.2. The van der Waals surface area contributed by atoms with E-state index in [0.717, 1.165) is 51.9 Å². The number of nitrogens with zero attached hydrogens (tertiary/aromatic N) is 4. The Balaban J connectivity index is 0.000000292. The fraction of sp³-hybridized carbons (Fsp3) is 0.375. The molecule has 0 atom stereocenters. The van der Waals surface area contributed by atoms with Gasteiger partial charge in [0.05, 0.1) is 15.7 Å². The van der Waals surface area contributed by atoms with Crippen LogP contribution in [0.15, 0.2) is 94.0 Å². The molecular formula is C48H59Cl5N8O7. The minimum atomic E-state index is -0.650. The summed E-state index contributed by atoms with van der Waals surface area (Å²) in [4.78, 5) is 61.3. The zero-order chi connectivity index (χ0) is 46.6. The standard InChI is InChI=1S/C24H27ClN4O3.C14H10ClN3O2.C10H19NO2.3ClH/c1-15(2)29-11-9-16(10-12-29)13-21(30)28-22-18-5-3-4-6-19(18)32-23(22)24(31)27-20-8-7-17(25)14-26-20;15-8-5-6-11(17-7-8)18-14(19)13-12(16)9-3-1-2-4-10(9)20-13;1-8(2)11-5-3-9(4-6-11)7-10(12)13;;;/h3-8,14-16H,9-13H2,1-2H3,(H,28,30)(H,26,27,31);1-7H,16H2,(H,17,18,19);8-9H,3-7H2,1-2H3,(H,12,13);3*1H. The second-order valence-corrected chi connectivity index (χ2v) is 17.6. The lowest BCUT2D eigenvalue weighted by Crippen LogP contribution is -2.39. The number of hydrogen-bond donors (Lipinski definition) is 5. The molecule has 8 rings (SSSR count). The van der Waals surface area contributed by atoms with Crippen molar-refractivity contribution in [3.8, 4) is 0 Å². The summed E-state index contributed by atoms with van der Waals surface area (Å²) in [5.41, 5.74) is 7.72. The number of piperidine rings is 2. The molecule has 0 aliphatic carbocycles. The topological polar surface area (TPSA) is 209 Å². The molecule has 0 radical (unpaired) electrons. The minimum Gasteiger partial charge on any atom is -0.481 e. The Hall–Kier alpha value is -5.13. The monoisotopic (exact) mass is 1030 g/mol. The van der Waals surface area contributed by atoms with Gasteiger partial charge in [-0.05, 0) is 140 Å². The van der Waals surface area contributed by atoms with Crippen molar-refractivity contribution in [1.82, 2.24) is 19.8 Å². The van der Waals surface area contributed by atoms with Crippen molar-refractivity contribution in [2.75, 3.05) is 47.9 Å². The molecule has 6 heterocycles. The summed E-state index contributed by atoms with van der Waals surface area (Å²) in [6.07, 6.45) is 7.75. The van der Waals surface area contributed by atoms with Gasteiger partial charge in [0, 0.05) is 48.1 Å². The first-order valence-corrected chi connectivity index (χ1v) is 22.5. The van der Waals surface area contributed by atoms with Gasteiger partial charge >= 0.3 is 5.97 Å². The van der Waals surface area contributed by atoms with Crippen molar-refractivity contribution in [3.63, 3.8) is 0 Å². The average Bonchev–Trinajstić information content (AvgIpc) is 3.83. The molecular weight excluding hydrogens is 978 g/mol. The molecule has 0 saturated carbocycles. The van der Waals surface area contributed by atoms with E-state index in [-0.39, 0.29) is 54.6 Å². The number of likely N-dealkylation sites (tertiary alicyclic amines) is 2. The SMILES string of the molecule is CC(C)N1CCC(CC(=O)Nc2c(C(=O)Nc3ccc(Cl)cn3)oc3ccccc23)CC1.CC(C)N1CCC(CC(=O)O)CC1.Cl.Cl.Cl.Nc1c(C(=O)Nc2ccc(Cl)cn2)oc2ccccc12. The predicted molar refractivity (Wildman–Crippen MR) is 277 cm³/mol.